The van der Waals surface area contributed by atoms with Crippen LogP contribution in [0.1, 0.15) is 35.0 Å². The fourth-order valence-electron chi connectivity index (χ4n) is 6.68. The van der Waals surface area contributed by atoms with Crippen LogP contribution in [-0.4, -0.2) is 30.2 Å². The van der Waals surface area contributed by atoms with E-state index in [1.165, 1.54) is 0 Å². The van der Waals surface area contributed by atoms with Crippen molar-refractivity contribution in [1.29, 1.82) is 0 Å². The Kier molecular flexibility index (Phi) is 8.37. The quantitative estimate of drug-likeness (QED) is 0.149. The lowest BCUT2D eigenvalue weighted by Crippen LogP contribution is -2.39. The number of anilines is 1. The van der Waals surface area contributed by atoms with Gasteiger partial charge in [0.25, 0.3) is 0 Å². The van der Waals surface area contributed by atoms with E-state index in [4.69, 9.17) is 20.4 Å². The van der Waals surface area contributed by atoms with Crippen LogP contribution in [0.4, 0.5) is 5.82 Å². The topological polar surface area (TPSA) is 81.4 Å². The summed E-state index contributed by atoms with van der Waals surface area (Å²) in [6.45, 7) is 2.72. The summed E-state index contributed by atoms with van der Waals surface area (Å²) < 4.78 is 0. The first-order valence-corrected chi connectivity index (χ1v) is 16.9. The zero-order valence-electron chi connectivity index (χ0n) is 27.7. The molecule has 0 amide bonds. The molecule has 0 saturated heterocycles. The van der Waals surface area contributed by atoms with E-state index in [2.05, 4.69) is 132 Å². The fraction of sp³-hybridized carbons (Fsp3) is 0.0930. The molecule has 0 spiro atoms. The average Bonchev–Trinajstić information content (AvgIpc) is 3.69. The molecular weight excluding hydrogens is 615 g/mol. The number of nitrogens with zero attached hydrogens (tertiary/aromatic N) is 6. The molecular formula is C43H35N7. The van der Waals surface area contributed by atoms with E-state index in [0.717, 1.165) is 67.9 Å². The van der Waals surface area contributed by atoms with E-state index < -0.39 is 5.54 Å². The Morgan fingerprint density at radius 2 is 1.14 bits per heavy atom. The highest BCUT2D eigenvalue weighted by molar-refractivity contribution is 5.89. The molecule has 8 aromatic rings. The predicted octanol–water partition coefficient (Wildman–Crippen LogP) is 8.97. The third kappa shape index (κ3) is 5.69. The number of aromatic nitrogens is 6. The number of hydrogen-bond donors (Lipinski definition) is 1. The number of nitrogens with one attached hydrogen (secondary N) is 1. The molecule has 0 aliphatic heterocycles. The highest BCUT2D eigenvalue weighted by atomic mass is 15.6. The minimum atomic E-state index is -0.842. The summed E-state index contributed by atoms with van der Waals surface area (Å²) in [5, 5.41) is 19.2. The minimum Gasteiger partial charge on any atom is -0.365 e. The number of para-hydroxylation sites is 1. The maximum Gasteiger partial charge on any atom is 0.205 e. The molecule has 2 aromatic heterocycles. The summed E-state index contributed by atoms with van der Waals surface area (Å²) >= 11 is 0. The van der Waals surface area contributed by atoms with Gasteiger partial charge in [-0.2, -0.15) is 0 Å². The van der Waals surface area contributed by atoms with Gasteiger partial charge in [0, 0.05) is 23.9 Å². The van der Waals surface area contributed by atoms with E-state index in [1.54, 1.807) is 4.80 Å². The SMILES string of the molecule is CCc1nc(NCc2ccc(-c3ccccc3-c3nnn(C(c4ccccc4)(c4ccccc4)c4ccccc4)n3)cc2)c2ccccc2n1. The van der Waals surface area contributed by atoms with Gasteiger partial charge in [-0.05, 0) is 50.7 Å². The van der Waals surface area contributed by atoms with Crippen molar-refractivity contribution in [3.8, 4) is 22.5 Å². The van der Waals surface area contributed by atoms with Crippen LogP contribution in [0.25, 0.3) is 33.4 Å². The molecule has 242 valence electrons. The lowest BCUT2D eigenvalue weighted by atomic mass is 9.77. The molecule has 0 unspecified atom stereocenters. The van der Waals surface area contributed by atoms with Gasteiger partial charge in [0.1, 0.15) is 11.6 Å². The Bertz CT molecular complexity index is 2260. The summed E-state index contributed by atoms with van der Waals surface area (Å²) in [5.41, 5.74) is 7.40. The number of fused-ring (bicyclic) bond motifs is 1. The van der Waals surface area contributed by atoms with E-state index in [1.807, 2.05) is 48.5 Å². The highest BCUT2D eigenvalue weighted by Gasteiger charge is 2.41. The van der Waals surface area contributed by atoms with Gasteiger partial charge in [-0.3, -0.25) is 0 Å². The molecule has 1 N–H and O–H groups in total. The van der Waals surface area contributed by atoms with E-state index in [9.17, 15) is 0 Å². The van der Waals surface area contributed by atoms with Crippen molar-refractivity contribution in [1.82, 2.24) is 30.2 Å². The third-order valence-corrected chi connectivity index (χ3v) is 9.15. The largest absolute Gasteiger partial charge is 0.365 e. The third-order valence-electron chi connectivity index (χ3n) is 9.15. The first kappa shape index (κ1) is 30.8. The molecule has 7 heteroatoms. The smallest absolute Gasteiger partial charge is 0.205 e. The summed E-state index contributed by atoms with van der Waals surface area (Å²) in [5.74, 6) is 2.24. The number of rotatable bonds is 10. The van der Waals surface area contributed by atoms with Crippen molar-refractivity contribution >= 4 is 16.7 Å². The molecule has 2 heterocycles. The first-order chi connectivity index (χ1) is 24.7. The van der Waals surface area contributed by atoms with Crippen molar-refractivity contribution < 1.29 is 0 Å². The van der Waals surface area contributed by atoms with Crippen LogP contribution >= 0.6 is 0 Å². The minimum absolute atomic E-state index is 0.556. The number of aryl methyl sites for hydroxylation is 1. The van der Waals surface area contributed by atoms with Crippen LogP contribution in [0.5, 0.6) is 0 Å². The van der Waals surface area contributed by atoms with Crippen molar-refractivity contribution in [2.45, 2.75) is 25.4 Å². The van der Waals surface area contributed by atoms with Gasteiger partial charge in [-0.1, -0.05) is 159 Å². The molecule has 0 aliphatic carbocycles. The molecule has 7 nitrogen and oxygen atoms in total. The average molecular weight is 650 g/mol. The maximum atomic E-state index is 5.16. The van der Waals surface area contributed by atoms with Gasteiger partial charge < -0.3 is 5.32 Å². The second kappa shape index (κ2) is 13.6. The Morgan fingerprint density at radius 3 is 1.76 bits per heavy atom. The van der Waals surface area contributed by atoms with Crippen molar-refractivity contribution in [3.05, 3.63) is 192 Å². The van der Waals surface area contributed by atoms with Crippen molar-refractivity contribution in [3.63, 3.8) is 0 Å². The molecule has 6 aromatic carbocycles. The number of tetrazole rings is 1. The van der Waals surface area contributed by atoms with E-state index in [-0.39, 0.29) is 0 Å². The molecule has 0 radical (unpaired) electrons. The van der Waals surface area contributed by atoms with Crippen LogP contribution in [0.15, 0.2) is 164 Å². The molecule has 50 heavy (non-hydrogen) atoms. The predicted molar refractivity (Wildman–Crippen MR) is 200 cm³/mol. The summed E-state index contributed by atoms with van der Waals surface area (Å²) in [7, 11) is 0. The van der Waals surface area contributed by atoms with Crippen molar-refractivity contribution in [2.75, 3.05) is 5.32 Å². The van der Waals surface area contributed by atoms with Gasteiger partial charge in [-0.25, -0.2) is 9.97 Å². The summed E-state index contributed by atoms with van der Waals surface area (Å²) in [6, 6.07) is 56.2. The molecule has 8 rings (SSSR count). The van der Waals surface area contributed by atoms with Crippen molar-refractivity contribution in [2.24, 2.45) is 0 Å². The molecule has 0 aliphatic rings. The van der Waals surface area contributed by atoms with Crippen LogP contribution in [0.3, 0.4) is 0 Å². The lowest BCUT2D eigenvalue weighted by molar-refractivity contribution is 0.396. The maximum absolute atomic E-state index is 5.16. The van der Waals surface area contributed by atoms with Crippen LogP contribution < -0.4 is 5.32 Å². The number of hydrogen-bond acceptors (Lipinski definition) is 6. The van der Waals surface area contributed by atoms with E-state index in [0.29, 0.717) is 12.4 Å². The van der Waals surface area contributed by atoms with Gasteiger partial charge in [-0.15, -0.1) is 15.0 Å². The lowest BCUT2D eigenvalue weighted by Gasteiger charge is -2.34. The monoisotopic (exact) mass is 649 g/mol. The molecule has 0 atom stereocenters. The molecule has 0 saturated carbocycles. The van der Waals surface area contributed by atoms with E-state index >= 15 is 0 Å². The van der Waals surface area contributed by atoms with Gasteiger partial charge in [0.05, 0.1) is 5.52 Å². The zero-order chi connectivity index (χ0) is 33.8. The Balaban J connectivity index is 1.14. The Morgan fingerprint density at radius 1 is 0.580 bits per heavy atom. The second-order valence-corrected chi connectivity index (χ2v) is 12.2. The normalized spacial score (nSPS) is 11.5. The number of benzene rings is 6. The van der Waals surface area contributed by atoms with Gasteiger partial charge >= 0.3 is 0 Å². The molecule has 0 bridgehead atoms. The molecule has 0 fully saturated rings. The zero-order valence-corrected chi connectivity index (χ0v) is 27.7. The summed E-state index contributed by atoms with van der Waals surface area (Å²) in [6.07, 6.45) is 0.780. The first-order valence-electron chi connectivity index (χ1n) is 16.9. The van der Waals surface area contributed by atoms with Crippen LogP contribution in [0.2, 0.25) is 0 Å². The standard InChI is InChI=1S/C43H35N7/c1-2-40-45-39-25-15-14-24-38(39)41(46-40)44-30-31-26-28-32(29-27-31)36-22-12-13-23-37(36)42-47-49-50(48-42)43(33-16-6-3-7-17-33,34-18-8-4-9-19-34)35-20-10-5-11-21-35/h3-29H,2,30H2,1H3,(H,44,45,46). The van der Waals surface area contributed by atoms with Crippen LogP contribution in [0, 0.1) is 0 Å². The van der Waals surface area contributed by atoms with Gasteiger partial charge in [0.15, 0.2) is 5.54 Å². The Labute approximate surface area is 291 Å². The second-order valence-electron chi connectivity index (χ2n) is 12.2. The van der Waals surface area contributed by atoms with Crippen LogP contribution in [-0.2, 0) is 18.5 Å². The highest BCUT2D eigenvalue weighted by Crippen LogP contribution is 2.40. The fourth-order valence-corrected chi connectivity index (χ4v) is 6.68. The Hall–Kier alpha value is -6.47. The van der Waals surface area contributed by atoms with Gasteiger partial charge in [0.2, 0.25) is 5.82 Å². The summed E-state index contributed by atoms with van der Waals surface area (Å²) in [4.78, 5) is 11.2.